The van der Waals surface area contributed by atoms with Crippen molar-refractivity contribution in [3.63, 3.8) is 0 Å². The van der Waals surface area contributed by atoms with Crippen LogP contribution < -0.4 is 10.2 Å². The number of phenols is 3. The van der Waals surface area contributed by atoms with Gasteiger partial charge >= 0.3 is 0 Å². The minimum absolute atomic E-state index is 0.0486. The van der Waals surface area contributed by atoms with Gasteiger partial charge in [0.2, 0.25) is 6.29 Å². The molecule has 0 saturated carbocycles. The van der Waals surface area contributed by atoms with E-state index in [1.807, 2.05) is 0 Å². The van der Waals surface area contributed by atoms with E-state index >= 15 is 0 Å². The van der Waals surface area contributed by atoms with Gasteiger partial charge in [0.1, 0.15) is 46.5 Å². The van der Waals surface area contributed by atoms with Crippen LogP contribution in [0.5, 0.6) is 23.0 Å². The van der Waals surface area contributed by atoms with Gasteiger partial charge in [0.15, 0.2) is 16.9 Å². The second-order valence-electron chi connectivity index (χ2n) is 7.29. The van der Waals surface area contributed by atoms with Crippen LogP contribution in [-0.4, -0.2) is 61.3 Å². The first-order valence-corrected chi connectivity index (χ1v) is 9.35. The van der Waals surface area contributed by atoms with Crippen LogP contribution in [0.4, 0.5) is 0 Å². The van der Waals surface area contributed by atoms with E-state index in [-0.39, 0.29) is 34.0 Å². The van der Waals surface area contributed by atoms with Crippen LogP contribution in [0.15, 0.2) is 45.6 Å². The Balaban J connectivity index is 1.71. The van der Waals surface area contributed by atoms with Crippen LogP contribution in [0, 0.1) is 0 Å². The molecule has 31 heavy (non-hydrogen) atoms. The predicted octanol–water partition coefficient (Wildman–Crippen LogP) is 0.783. The number of hydrogen-bond acceptors (Lipinski definition) is 10. The van der Waals surface area contributed by atoms with E-state index in [9.17, 15) is 35.4 Å². The number of ether oxygens (including phenoxy) is 2. The largest absolute Gasteiger partial charge is 0.508 e. The molecule has 1 aliphatic heterocycles. The molecule has 3 aromatic rings. The number of aliphatic hydroxyl groups excluding tert-OH is 3. The van der Waals surface area contributed by atoms with Gasteiger partial charge in [-0.1, -0.05) is 0 Å². The maximum atomic E-state index is 12.4. The number of aliphatic hydroxyl groups is 3. The Hall–Kier alpha value is -3.31. The summed E-state index contributed by atoms with van der Waals surface area (Å²) in [4.78, 5) is 12.4. The van der Waals surface area contributed by atoms with E-state index in [4.69, 9.17) is 13.9 Å². The quantitative estimate of drug-likeness (QED) is 0.348. The van der Waals surface area contributed by atoms with Crippen LogP contribution in [0.25, 0.3) is 22.3 Å². The molecule has 0 bridgehead atoms. The second-order valence-corrected chi connectivity index (χ2v) is 7.29. The predicted molar refractivity (Wildman–Crippen MR) is 106 cm³/mol. The minimum atomic E-state index is -1.58. The van der Waals surface area contributed by atoms with Crippen molar-refractivity contribution in [3.05, 3.63) is 46.6 Å². The van der Waals surface area contributed by atoms with Gasteiger partial charge in [-0.3, -0.25) is 4.79 Å². The molecule has 4 rings (SSSR count). The average molecular weight is 432 g/mol. The summed E-state index contributed by atoms with van der Waals surface area (Å²) in [5, 5.41) is 59.4. The number of phenolic OH excluding ortho intramolecular Hbond substituents is 3. The summed E-state index contributed by atoms with van der Waals surface area (Å²) in [5.74, 6) is -1.12. The fourth-order valence-electron chi connectivity index (χ4n) is 3.39. The highest BCUT2D eigenvalue weighted by molar-refractivity contribution is 5.86. The van der Waals surface area contributed by atoms with E-state index in [0.29, 0.717) is 5.56 Å². The molecule has 1 saturated heterocycles. The fraction of sp³-hybridized carbons (Fsp3) is 0.286. The number of fused-ring (bicyclic) bond motifs is 1. The maximum Gasteiger partial charge on any atom is 0.229 e. The highest BCUT2D eigenvalue weighted by atomic mass is 16.7. The second kappa shape index (κ2) is 7.75. The lowest BCUT2D eigenvalue weighted by Crippen LogP contribution is -2.58. The van der Waals surface area contributed by atoms with Gasteiger partial charge in [0.05, 0.1) is 6.10 Å². The molecule has 164 valence electrons. The molecule has 1 unspecified atom stereocenters. The highest BCUT2D eigenvalue weighted by Crippen LogP contribution is 2.36. The van der Waals surface area contributed by atoms with Crippen molar-refractivity contribution in [2.45, 2.75) is 37.6 Å². The topological polar surface area (TPSA) is 170 Å². The van der Waals surface area contributed by atoms with E-state index in [1.165, 1.54) is 31.2 Å². The maximum absolute atomic E-state index is 12.4. The van der Waals surface area contributed by atoms with Crippen molar-refractivity contribution in [3.8, 4) is 34.3 Å². The molecule has 5 atom stereocenters. The van der Waals surface area contributed by atoms with Gasteiger partial charge in [-0.25, -0.2) is 0 Å². The Labute approximate surface area is 174 Å². The van der Waals surface area contributed by atoms with Gasteiger partial charge in [-0.15, -0.1) is 0 Å². The molecule has 1 aliphatic rings. The average Bonchev–Trinajstić information content (AvgIpc) is 2.71. The molecule has 0 amide bonds. The summed E-state index contributed by atoms with van der Waals surface area (Å²) < 4.78 is 16.5. The van der Waals surface area contributed by atoms with E-state index < -0.39 is 41.9 Å². The van der Waals surface area contributed by atoms with Crippen molar-refractivity contribution in [2.24, 2.45) is 0 Å². The fourth-order valence-corrected chi connectivity index (χ4v) is 3.39. The molecule has 2 heterocycles. The number of hydrogen-bond donors (Lipinski definition) is 6. The van der Waals surface area contributed by atoms with Crippen LogP contribution in [-0.2, 0) is 4.74 Å². The van der Waals surface area contributed by atoms with Gasteiger partial charge in [0.25, 0.3) is 0 Å². The third kappa shape index (κ3) is 3.77. The first-order valence-electron chi connectivity index (χ1n) is 9.35. The van der Waals surface area contributed by atoms with Crippen LogP contribution >= 0.6 is 0 Å². The third-order valence-electron chi connectivity index (χ3n) is 5.09. The summed E-state index contributed by atoms with van der Waals surface area (Å²) >= 11 is 0. The Morgan fingerprint density at radius 1 is 0.903 bits per heavy atom. The Kier molecular flexibility index (Phi) is 5.23. The van der Waals surface area contributed by atoms with Crippen molar-refractivity contribution >= 4 is 11.0 Å². The minimum Gasteiger partial charge on any atom is -0.508 e. The molecule has 10 heteroatoms. The normalized spacial score (nSPS) is 26.1. The number of aromatic hydroxyl groups is 3. The zero-order valence-electron chi connectivity index (χ0n) is 16.2. The number of benzene rings is 2. The smallest absolute Gasteiger partial charge is 0.229 e. The Morgan fingerprint density at radius 3 is 2.39 bits per heavy atom. The van der Waals surface area contributed by atoms with Gasteiger partial charge < -0.3 is 44.5 Å². The van der Waals surface area contributed by atoms with Crippen LogP contribution in [0.1, 0.15) is 6.92 Å². The van der Waals surface area contributed by atoms with Crippen LogP contribution in [0.3, 0.4) is 0 Å². The summed E-state index contributed by atoms with van der Waals surface area (Å²) in [5.41, 5.74) is -0.303. The standard InChI is InChI=1S/C21H20O10/c1-8-18(26)19(27)20(28)21(29-8)31-15-4-9(2-3-11(15)23)14-7-13(25)17-12(24)5-10(22)6-16(17)30-14/h2-8,18-24,26-28H,1H3/t8-,18-,19+,20-,21?/m1/s1. The van der Waals surface area contributed by atoms with Gasteiger partial charge in [0, 0.05) is 23.8 Å². The lowest BCUT2D eigenvalue weighted by Gasteiger charge is -2.38. The van der Waals surface area contributed by atoms with Crippen LogP contribution in [0.2, 0.25) is 0 Å². The lowest BCUT2D eigenvalue weighted by molar-refractivity contribution is -0.268. The zero-order chi connectivity index (χ0) is 22.4. The van der Waals surface area contributed by atoms with Crippen molar-refractivity contribution in [1.29, 1.82) is 0 Å². The molecule has 10 nitrogen and oxygen atoms in total. The van der Waals surface area contributed by atoms with E-state index in [1.54, 1.807) is 0 Å². The van der Waals surface area contributed by atoms with Gasteiger partial charge in [-0.2, -0.15) is 0 Å². The zero-order valence-corrected chi connectivity index (χ0v) is 16.2. The Morgan fingerprint density at radius 2 is 1.65 bits per heavy atom. The molecule has 1 fully saturated rings. The highest BCUT2D eigenvalue weighted by Gasteiger charge is 2.43. The molecular weight excluding hydrogens is 412 g/mol. The Bertz CT molecular complexity index is 1190. The molecule has 6 N–H and O–H groups in total. The van der Waals surface area contributed by atoms with Crippen molar-refractivity contribution in [2.75, 3.05) is 0 Å². The van der Waals surface area contributed by atoms with E-state index in [0.717, 1.165) is 12.1 Å². The summed E-state index contributed by atoms with van der Waals surface area (Å²) in [6, 6.07) is 7.35. The lowest BCUT2D eigenvalue weighted by atomic mass is 10.00. The molecule has 1 aromatic heterocycles. The first-order chi connectivity index (χ1) is 14.7. The monoisotopic (exact) mass is 432 g/mol. The molecule has 0 spiro atoms. The SMILES string of the molecule is C[C@H]1OC(Oc2cc(-c3cc(=O)c4c(O)cc(O)cc4o3)ccc2O)[C@H](O)[C@@H](O)[C@@H]1O. The molecular formula is C21H20O10. The first kappa shape index (κ1) is 20.9. The molecule has 0 aliphatic carbocycles. The molecule has 0 radical (unpaired) electrons. The summed E-state index contributed by atoms with van der Waals surface area (Å²) in [7, 11) is 0. The third-order valence-corrected chi connectivity index (χ3v) is 5.09. The van der Waals surface area contributed by atoms with Crippen molar-refractivity contribution in [1.82, 2.24) is 0 Å². The van der Waals surface area contributed by atoms with E-state index in [2.05, 4.69) is 0 Å². The van der Waals surface area contributed by atoms with Gasteiger partial charge in [-0.05, 0) is 25.1 Å². The summed E-state index contributed by atoms with van der Waals surface area (Å²) in [6.07, 6.45) is -6.63. The van der Waals surface area contributed by atoms with Crippen molar-refractivity contribution < 1.29 is 44.5 Å². The summed E-state index contributed by atoms with van der Waals surface area (Å²) in [6.45, 7) is 1.49. The molecule has 2 aromatic carbocycles. The number of rotatable bonds is 3.